The minimum atomic E-state index is -0.514. The second-order valence-electron chi connectivity index (χ2n) is 6.67. The molecule has 1 aliphatic carbocycles. The van der Waals surface area contributed by atoms with Crippen LogP contribution in [0.1, 0.15) is 32.7 Å². The van der Waals surface area contributed by atoms with Gasteiger partial charge in [-0.3, -0.25) is 14.4 Å². The van der Waals surface area contributed by atoms with Crippen molar-refractivity contribution < 1.29 is 14.3 Å². The molecule has 142 valence electrons. The zero-order valence-electron chi connectivity index (χ0n) is 15.4. The van der Waals surface area contributed by atoms with Crippen LogP contribution in [0.2, 0.25) is 0 Å². The molecule has 7 heteroatoms. The number of pyridine rings is 1. The molecule has 1 aliphatic rings. The Balaban J connectivity index is 1.89. The Labute approximate surface area is 157 Å². The van der Waals surface area contributed by atoms with Crippen molar-refractivity contribution in [3.05, 3.63) is 69.6 Å². The van der Waals surface area contributed by atoms with Crippen LogP contribution in [0.15, 0.2) is 47.4 Å². The van der Waals surface area contributed by atoms with E-state index < -0.39 is 11.5 Å². The average molecular weight is 369 g/mol. The number of hydrogen-bond acceptors (Lipinski definition) is 4. The number of nitrogens with zero attached hydrogens (tertiary/aromatic N) is 1. The van der Waals surface area contributed by atoms with Crippen LogP contribution >= 0.6 is 0 Å². The third-order valence-corrected chi connectivity index (χ3v) is 4.64. The number of nitrogens with one attached hydrogen (secondary N) is 2. The van der Waals surface area contributed by atoms with Crippen molar-refractivity contribution in [2.75, 3.05) is 20.8 Å². The van der Waals surface area contributed by atoms with E-state index in [-0.39, 0.29) is 29.6 Å². The lowest BCUT2D eigenvalue weighted by Gasteiger charge is -2.12. The molecule has 1 fully saturated rings. The summed E-state index contributed by atoms with van der Waals surface area (Å²) in [5.74, 6) is -0.502. The van der Waals surface area contributed by atoms with Gasteiger partial charge in [0.05, 0.1) is 18.7 Å². The molecule has 2 aromatic rings. The third-order valence-electron chi connectivity index (χ3n) is 4.64. The minimum absolute atomic E-state index is 0.0506. The SMILES string of the molecule is CNC(=O)c1cc(C(=O)N[C@H]2C[C@@H]2COC)cn(Cc2ccccc2)c1=O. The van der Waals surface area contributed by atoms with Crippen LogP contribution in [-0.4, -0.2) is 43.2 Å². The fourth-order valence-electron chi connectivity index (χ4n) is 3.03. The summed E-state index contributed by atoms with van der Waals surface area (Å²) in [6, 6.07) is 10.8. The summed E-state index contributed by atoms with van der Waals surface area (Å²) in [5.41, 5.74) is 0.707. The van der Waals surface area contributed by atoms with E-state index in [9.17, 15) is 14.4 Å². The first kappa shape index (κ1) is 18.8. The maximum atomic E-state index is 12.7. The quantitative estimate of drug-likeness (QED) is 0.763. The summed E-state index contributed by atoms with van der Waals surface area (Å²) in [5, 5.41) is 5.39. The van der Waals surface area contributed by atoms with Crippen molar-refractivity contribution in [3.63, 3.8) is 0 Å². The highest BCUT2D eigenvalue weighted by Crippen LogP contribution is 2.30. The maximum Gasteiger partial charge on any atom is 0.263 e. The number of amides is 2. The smallest absolute Gasteiger partial charge is 0.263 e. The second-order valence-corrected chi connectivity index (χ2v) is 6.67. The van der Waals surface area contributed by atoms with Gasteiger partial charge in [0.25, 0.3) is 17.4 Å². The Hall–Kier alpha value is -2.93. The largest absolute Gasteiger partial charge is 0.384 e. The fraction of sp³-hybridized carbons (Fsp3) is 0.350. The molecule has 2 amide bonds. The highest BCUT2D eigenvalue weighted by molar-refractivity contribution is 5.99. The Kier molecular flexibility index (Phi) is 5.71. The lowest BCUT2D eigenvalue weighted by molar-refractivity contribution is 0.0944. The molecule has 2 N–H and O–H groups in total. The number of hydrogen-bond donors (Lipinski definition) is 2. The highest BCUT2D eigenvalue weighted by Gasteiger charge is 2.38. The van der Waals surface area contributed by atoms with Crippen LogP contribution in [0.25, 0.3) is 0 Å². The Morgan fingerprint density at radius 2 is 1.96 bits per heavy atom. The van der Waals surface area contributed by atoms with E-state index in [0.717, 1.165) is 12.0 Å². The number of carbonyl (C=O) groups excluding carboxylic acids is 2. The van der Waals surface area contributed by atoms with E-state index in [1.54, 1.807) is 7.11 Å². The summed E-state index contributed by atoms with van der Waals surface area (Å²) in [6.07, 6.45) is 2.37. The molecule has 0 bridgehead atoms. The second kappa shape index (κ2) is 8.18. The number of rotatable bonds is 7. The van der Waals surface area contributed by atoms with Crippen molar-refractivity contribution in [1.29, 1.82) is 0 Å². The average Bonchev–Trinajstić information content (AvgIpc) is 3.41. The molecule has 27 heavy (non-hydrogen) atoms. The Bertz CT molecular complexity index is 892. The van der Waals surface area contributed by atoms with Crippen LogP contribution < -0.4 is 16.2 Å². The first-order valence-corrected chi connectivity index (χ1v) is 8.83. The van der Waals surface area contributed by atoms with Gasteiger partial charge in [0.2, 0.25) is 0 Å². The van der Waals surface area contributed by atoms with Gasteiger partial charge in [0.15, 0.2) is 0 Å². The zero-order chi connectivity index (χ0) is 19.4. The molecule has 0 radical (unpaired) electrons. The standard InChI is InChI=1S/C20H23N3O4/c1-21-19(25)16-8-14(18(24)22-17-9-15(17)12-27-2)11-23(20(16)26)10-13-6-4-3-5-7-13/h3-8,11,15,17H,9-10,12H2,1-2H3,(H,21,25)(H,22,24)/t15-,17+/m1/s1. The first-order chi connectivity index (χ1) is 13.0. The molecule has 0 spiro atoms. The van der Waals surface area contributed by atoms with Crippen LogP contribution in [0.4, 0.5) is 0 Å². The predicted octanol–water partition coefficient (Wildman–Crippen LogP) is 1.02. The summed E-state index contributed by atoms with van der Waals surface area (Å²) < 4.78 is 6.50. The molecule has 7 nitrogen and oxygen atoms in total. The van der Waals surface area contributed by atoms with Crippen LogP contribution in [0.3, 0.4) is 0 Å². The molecular weight excluding hydrogens is 346 g/mol. The van der Waals surface area contributed by atoms with Gasteiger partial charge in [-0.2, -0.15) is 0 Å². The molecular formula is C20H23N3O4. The van der Waals surface area contributed by atoms with E-state index in [1.165, 1.54) is 23.9 Å². The van der Waals surface area contributed by atoms with Gasteiger partial charge in [-0.25, -0.2) is 0 Å². The molecule has 2 atom stereocenters. The molecule has 1 aromatic carbocycles. The topological polar surface area (TPSA) is 89.4 Å². The van der Waals surface area contributed by atoms with Gasteiger partial charge in [-0.1, -0.05) is 30.3 Å². The molecule has 3 rings (SSSR count). The monoisotopic (exact) mass is 369 g/mol. The summed E-state index contributed by atoms with van der Waals surface area (Å²) >= 11 is 0. The van der Waals surface area contributed by atoms with Crippen molar-refractivity contribution in [3.8, 4) is 0 Å². The van der Waals surface area contributed by atoms with E-state index in [1.807, 2.05) is 30.3 Å². The molecule has 0 saturated heterocycles. The van der Waals surface area contributed by atoms with Gasteiger partial charge in [-0.15, -0.1) is 0 Å². The fourth-order valence-corrected chi connectivity index (χ4v) is 3.03. The Morgan fingerprint density at radius 1 is 1.22 bits per heavy atom. The number of aromatic nitrogens is 1. The van der Waals surface area contributed by atoms with Gasteiger partial charge in [0, 0.05) is 32.3 Å². The third kappa shape index (κ3) is 4.43. The maximum absolute atomic E-state index is 12.7. The van der Waals surface area contributed by atoms with E-state index >= 15 is 0 Å². The number of benzene rings is 1. The van der Waals surface area contributed by atoms with E-state index in [4.69, 9.17) is 4.74 Å². The van der Waals surface area contributed by atoms with Gasteiger partial charge >= 0.3 is 0 Å². The van der Waals surface area contributed by atoms with Crippen LogP contribution in [0, 0.1) is 5.92 Å². The highest BCUT2D eigenvalue weighted by atomic mass is 16.5. The molecule has 1 heterocycles. The van der Waals surface area contributed by atoms with Crippen molar-refractivity contribution in [1.82, 2.24) is 15.2 Å². The predicted molar refractivity (Wildman–Crippen MR) is 101 cm³/mol. The summed E-state index contributed by atoms with van der Waals surface area (Å²) in [6.45, 7) is 0.877. The summed E-state index contributed by atoms with van der Waals surface area (Å²) in [7, 11) is 3.09. The number of carbonyl (C=O) groups is 2. The van der Waals surface area contributed by atoms with E-state index in [0.29, 0.717) is 12.5 Å². The lowest BCUT2D eigenvalue weighted by Crippen LogP contribution is -2.34. The Morgan fingerprint density at radius 3 is 2.63 bits per heavy atom. The molecule has 0 aliphatic heterocycles. The van der Waals surface area contributed by atoms with Crippen molar-refractivity contribution >= 4 is 11.8 Å². The minimum Gasteiger partial charge on any atom is -0.384 e. The molecule has 1 saturated carbocycles. The lowest BCUT2D eigenvalue weighted by atomic mass is 10.1. The normalized spacial score (nSPS) is 18.0. The number of methoxy groups -OCH3 is 1. The van der Waals surface area contributed by atoms with E-state index in [2.05, 4.69) is 10.6 Å². The van der Waals surface area contributed by atoms with Crippen molar-refractivity contribution in [2.45, 2.75) is 19.0 Å². The van der Waals surface area contributed by atoms with Gasteiger partial charge in [0.1, 0.15) is 5.56 Å². The van der Waals surface area contributed by atoms with Crippen LogP contribution in [-0.2, 0) is 11.3 Å². The number of ether oxygens (including phenoxy) is 1. The summed E-state index contributed by atoms with van der Waals surface area (Å²) in [4.78, 5) is 37.4. The zero-order valence-corrected chi connectivity index (χ0v) is 15.4. The van der Waals surface area contributed by atoms with Crippen molar-refractivity contribution in [2.24, 2.45) is 5.92 Å². The van der Waals surface area contributed by atoms with Crippen LogP contribution in [0.5, 0.6) is 0 Å². The van der Waals surface area contributed by atoms with Gasteiger partial charge in [-0.05, 0) is 18.1 Å². The molecule has 1 aromatic heterocycles. The first-order valence-electron chi connectivity index (χ1n) is 8.83. The van der Waals surface area contributed by atoms with Gasteiger partial charge < -0.3 is 19.9 Å². The molecule has 0 unspecified atom stereocenters.